The van der Waals surface area contributed by atoms with Crippen LogP contribution < -0.4 is 11.1 Å². The molecule has 0 aliphatic heterocycles. The second kappa shape index (κ2) is 6.62. The lowest BCUT2D eigenvalue weighted by Crippen LogP contribution is -2.35. The number of nitrogens with two attached hydrogens (primary N) is 1. The molecule has 1 aromatic carbocycles. The monoisotopic (exact) mass is 254 g/mol. The average Bonchev–Trinajstić information content (AvgIpc) is 2.35. The van der Waals surface area contributed by atoms with Crippen LogP contribution in [0.1, 0.15) is 31.9 Å². The third-order valence-electron chi connectivity index (χ3n) is 2.80. The van der Waals surface area contributed by atoms with Crippen molar-refractivity contribution in [2.24, 2.45) is 11.7 Å². The van der Waals surface area contributed by atoms with Crippen molar-refractivity contribution >= 4 is 17.5 Å². The predicted molar refractivity (Wildman–Crippen MR) is 70.8 cm³/mol. The van der Waals surface area contributed by atoms with E-state index in [0.717, 1.165) is 12.0 Å². The van der Waals surface area contributed by atoms with E-state index in [0.29, 0.717) is 11.6 Å². The van der Waals surface area contributed by atoms with Crippen LogP contribution in [0.2, 0.25) is 5.02 Å². The van der Waals surface area contributed by atoms with E-state index in [9.17, 15) is 4.79 Å². The summed E-state index contributed by atoms with van der Waals surface area (Å²) in [5, 5.41) is 3.69. The van der Waals surface area contributed by atoms with Crippen molar-refractivity contribution in [3.8, 4) is 0 Å². The van der Waals surface area contributed by atoms with Crippen molar-refractivity contribution in [1.29, 1.82) is 0 Å². The molecular weight excluding hydrogens is 236 g/mol. The van der Waals surface area contributed by atoms with Crippen LogP contribution in [0.5, 0.6) is 0 Å². The molecule has 0 fully saturated rings. The maximum Gasteiger partial charge on any atom is 0.224 e. The first-order chi connectivity index (χ1) is 8.08. The number of benzene rings is 1. The molecular formula is C13H19ClN2O. The number of carbonyl (C=O) groups is 1. The Morgan fingerprint density at radius 2 is 2.00 bits per heavy atom. The van der Waals surface area contributed by atoms with Crippen LogP contribution in [0.25, 0.3) is 0 Å². The third-order valence-corrected chi connectivity index (χ3v) is 3.05. The van der Waals surface area contributed by atoms with Gasteiger partial charge in [-0.15, -0.1) is 0 Å². The first-order valence-electron chi connectivity index (χ1n) is 5.84. The quantitative estimate of drug-likeness (QED) is 0.848. The van der Waals surface area contributed by atoms with E-state index in [2.05, 4.69) is 5.32 Å². The summed E-state index contributed by atoms with van der Waals surface area (Å²) >= 11 is 5.83. The normalized spacial score (nSPS) is 14.1. The Hall–Kier alpha value is -1.06. The topological polar surface area (TPSA) is 55.1 Å². The van der Waals surface area contributed by atoms with Gasteiger partial charge < -0.3 is 11.1 Å². The third kappa shape index (κ3) is 4.02. The number of rotatable bonds is 5. The zero-order chi connectivity index (χ0) is 12.8. The van der Waals surface area contributed by atoms with Gasteiger partial charge in [0.25, 0.3) is 0 Å². The van der Waals surface area contributed by atoms with Crippen molar-refractivity contribution in [1.82, 2.24) is 5.32 Å². The summed E-state index contributed by atoms with van der Waals surface area (Å²) < 4.78 is 0. The molecule has 0 radical (unpaired) electrons. The fraction of sp³-hybridized carbons (Fsp3) is 0.462. The van der Waals surface area contributed by atoms with Gasteiger partial charge in [0.15, 0.2) is 0 Å². The van der Waals surface area contributed by atoms with E-state index in [1.807, 2.05) is 38.1 Å². The second-order valence-corrected chi connectivity index (χ2v) is 4.59. The maximum absolute atomic E-state index is 11.8. The summed E-state index contributed by atoms with van der Waals surface area (Å²) in [6.07, 6.45) is 0.838. The molecule has 1 amide bonds. The van der Waals surface area contributed by atoms with E-state index in [1.165, 1.54) is 0 Å². The zero-order valence-electron chi connectivity index (χ0n) is 10.2. The van der Waals surface area contributed by atoms with Gasteiger partial charge >= 0.3 is 0 Å². The van der Waals surface area contributed by atoms with Gasteiger partial charge in [0.05, 0.1) is 6.04 Å². The van der Waals surface area contributed by atoms with Gasteiger partial charge in [-0.05, 0) is 24.1 Å². The molecule has 3 N–H and O–H groups in total. The molecule has 2 atom stereocenters. The van der Waals surface area contributed by atoms with Crippen LogP contribution in [0, 0.1) is 5.92 Å². The van der Waals surface area contributed by atoms with E-state index in [1.54, 1.807) is 0 Å². The number of nitrogens with one attached hydrogen (secondary N) is 1. The summed E-state index contributed by atoms with van der Waals surface area (Å²) in [5.41, 5.74) is 6.53. The van der Waals surface area contributed by atoms with Crippen molar-refractivity contribution in [3.05, 3.63) is 34.9 Å². The summed E-state index contributed by atoms with van der Waals surface area (Å²) in [5.74, 6) is -0.161. The largest absolute Gasteiger partial charge is 0.349 e. The van der Waals surface area contributed by atoms with Gasteiger partial charge in [-0.1, -0.05) is 37.6 Å². The van der Waals surface area contributed by atoms with Gasteiger partial charge in [-0.2, -0.15) is 0 Å². The SMILES string of the molecule is CCC(NC(=O)C(C)CN)c1ccc(Cl)cc1. The molecule has 17 heavy (non-hydrogen) atoms. The summed E-state index contributed by atoms with van der Waals surface area (Å²) in [4.78, 5) is 11.8. The van der Waals surface area contributed by atoms with Crippen LogP contribution in [0.15, 0.2) is 24.3 Å². The van der Waals surface area contributed by atoms with Gasteiger partial charge in [-0.3, -0.25) is 4.79 Å². The highest BCUT2D eigenvalue weighted by molar-refractivity contribution is 6.30. The lowest BCUT2D eigenvalue weighted by atomic mass is 10.0. The van der Waals surface area contributed by atoms with Crippen LogP contribution in [0.3, 0.4) is 0 Å². The zero-order valence-corrected chi connectivity index (χ0v) is 11.0. The lowest BCUT2D eigenvalue weighted by Gasteiger charge is -2.19. The highest BCUT2D eigenvalue weighted by Gasteiger charge is 2.16. The van der Waals surface area contributed by atoms with Crippen molar-refractivity contribution < 1.29 is 4.79 Å². The van der Waals surface area contributed by atoms with Crippen LogP contribution in [0.4, 0.5) is 0 Å². The lowest BCUT2D eigenvalue weighted by molar-refractivity contribution is -0.125. The first-order valence-corrected chi connectivity index (χ1v) is 6.22. The Labute approximate surface area is 107 Å². The molecule has 1 aromatic rings. The number of hydrogen-bond donors (Lipinski definition) is 2. The van der Waals surface area contributed by atoms with Crippen LogP contribution >= 0.6 is 11.6 Å². The molecule has 0 saturated carbocycles. The molecule has 0 spiro atoms. The number of hydrogen-bond acceptors (Lipinski definition) is 2. The molecule has 0 saturated heterocycles. The van der Waals surface area contributed by atoms with E-state index in [-0.39, 0.29) is 17.9 Å². The molecule has 3 nitrogen and oxygen atoms in total. The molecule has 0 aromatic heterocycles. The second-order valence-electron chi connectivity index (χ2n) is 4.16. The first kappa shape index (κ1) is 14.0. The van der Waals surface area contributed by atoms with Crippen molar-refractivity contribution in [2.45, 2.75) is 26.3 Å². The average molecular weight is 255 g/mol. The molecule has 4 heteroatoms. The van der Waals surface area contributed by atoms with Gasteiger partial charge in [0, 0.05) is 17.5 Å². The Balaban J connectivity index is 2.72. The predicted octanol–water partition coefficient (Wildman–Crippen LogP) is 2.50. The fourth-order valence-corrected chi connectivity index (χ4v) is 1.66. The standard InChI is InChI=1S/C13H19ClN2O/c1-3-12(16-13(17)9(2)8-15)10-4-6-11(14)7-5-10/h4-7,9,12H,3,8,15H2,1-2H3,(H,16,17). The van der Waals surface area contributed by atoms with Crippen LogP contribution in [-0.2, 0) is 4.79 Å². The maximum atomic E-state index is 11.8. The number of amides is 1. The molecule has 0 aliphatic carbocycles. The highest BCUT2D eigenvalue weighted by Crippen LogP contribution is 2.19. The molecule has 1 rings (SSSR count). The Kier molecular flexibility index (Phi) is 5.45. The minimum absolute atomic E-state index is 0.00528. The van der Waals surface area contributed by atoms with Gasteiger partial charge in [0.2, 0.25) is 5.91 Å². The highest BCUT2D eigenvalue weighted by atomic mass is 35.5. The fourth-order valence-electron chi connectivity index (χ4n) is 1.54. The van der Waals surface area contributed by atoms with Crippen LogP contribution in [-0.4, -0.2) is 12.5 Å². The number of halogens is 1. The minimum atomic E-state index is -0.156. The Morgan fingerprint density at radius 1 is 1.41 bits per heavy atom. The summed E-state index contributed by atoms with van der Waals surface area (Å²) in [6.45, 7) is 4.22. The molecule has 0 heterocycles. The van der Waals surface area contributed by atoms with Gasteiger partial charge in [-0.25, -0.2) is 0 Å². The molecule has 0 bridgehead atoms. The summed E-state index contributed by atoms with van der Waals surface area (Å²) in [7, 11) is 0. The number of carbonyl (C=O) groups excluding carboxylic acids is 1. The summed E-state index contributed by atoms with van der Waals surface area (Å²) in [6, 6.07) is 7.55. The van der Waals surface area contributed by atoms with E-state index >= 15 is 0 Å². The Morgan fingerprint density at radius 3 is 2.47 bits per heavy atom. The van der Waals surface area contributed by atoms with Gasteiger partial charge in [0.1, 0.15) is 0 Å². The molecule has 2 unspecified atom stereocenters. The van der Waals surface area contributed by atoms with Crippen molar-refractivity contribution in [3.63, 3.8) is 0 Å². The molecule has 94 valence electrons. The Bertz CT molecular complexity index is 364. The van der Waals surface area contributed by atoms with E-state index in [4.69, 9.17) is 17.3 Å². The van der Waals surface area contributed by atoms with E-state index < -0.39 is 0 Å². The van der Waals surface area contributed by atoms with Crippen molar-refractivity contribution in [2.75, 3.05) is 6.54 Å². The smallest absolute Gasteiger partial charge is 0.224 e. The molecule has 0 aliphatic rings. The minimum Gasteiger partial charge on any atom is -0.349 e.